The molecule has 2 aromatic rings. The van der Waals surface area contributed by atoms with Crippen molar-refractivity contribution in [1.29, 1.82) is 0 Å². The first-order chi connectivity index (χ1) is 9.52. The molecule has 0 saturated heterocycles. The van der Waals surface area contributed by atoms with Crippen molar-refractivity contribution in [3.05, 3.63) is 39.5 Å². The Morgan fingerprint density at radius 1 is 1.50 bits per heavy atom. The molecule has 0 aliphatic rings. The molecule has 20 heavy (non-hydrogen) atoms. The molecule has 2 rings (SSSR count). The van der Waals surface area contributed by atoms with Crippen LogP contribution in [0.3, 0.4) is 0 Å². The van der Waals surface area contributed by atoms with E-state index in [1.165, 1.54) is 0 Å². The van der Waals surface area contributed by atoms with Crippen LogP contribution in [0.4, 0.5) is 0 Å². The second-order valence-electron chi connectivity index (χ2n) is 4.39. The van der Waals surface area contributed by atoms with Crippen LogP contribution in [0, 0.1) is 13.8 Å². The molecular weight excluding hydrogens is 326 g/mol. The van der Waals surface area contributed by atoms with E-state index in [4.69, 9.17) is 9.52 Å². The Bertz CT molecular complexity index is 618. The average molecular weight is 342 g/mol. The van der Waals surface area contributed by atoms with Crippen molar-refractivity contribution in [2.24, 2.45) is 0 Å². The Kier molecular flexibility index (Phi) is 4.61. The number of aliphatic hydroxyl groups excluding tert-OH is 1. The van der Waals surface area contributed by atoms with E-state index in [0.717, 1.165) is 15.9 Å². The third-order valence-corrected chi connectivity index (χ3v) is 4.03. The first-order valence-electron chi connectivity index (χ1n) is 6.20. The van der Waals surface area contributed by atoms with Crippen molar-refractivity contribution in [3.8, 4) is 0 Å². The molecule has 0 bridgehead atoms. The number of nitrogens with one attached hydrogen (secondary N) is 1. The number of amides is 1. The van der Waals surface area contributed by atoms with Crippen molar-refractivity contribution < 1.29 is 14.3 Å². The van der Waals surface area contributed by atoms with Gasteiger partial charge in [-0.15, -0.1) is 0 Å². The van der Waals surface area contributed by atoms with Gasteiger partial charge >= 0.3 is 0 Å². The van der Waals surface area contributed by atoms with E-state index in [2.05, 4.69) is 26.3 Å². The van der Waals surface area contributed by atoms with Gasteiger partial charge < -0.3 is 14.8 Å². The van der Waals surface area contributed by atoms with E-state index in [9.17, 15) is 4.79 Å². The van der Waals surface area contributed by atoms with Gasteiger partial charge in [0, 0.05) is 6.54 Å². The highest BCUT2D eigenvalue weighted by Crippen LogP contribution is 2.21. The first kappa shape index (κ1) is 14.8. The van der Waals surface area contributed by atoms with Gasteiger partial charge in [-0.2, -0.15) is 5.10 Å². The Hall–Kier alpha value is -1.60. The topological polar surface area (TPSA) is 80.3 Å². The Labute approximate surface area is 124 Å². The molecule has 0 aliphatic carbocycles. The van der Waals surface area contributed by atoms with Crippen LogP contribution in [-0.2, 0) is 6.54 Å². The zero-order chi connectivity index (χ0) is 14.7. The number of aliphatic hydroxyl groups is 1. The SMILES string of the molecule is Cc1nn(Cc2ccc(C(=O)NCCO)o2)c(C)c1Br. The molecule has 6 nitrogen and oxygen atoms in total. The Balaban J connectivity index is 2.09. The van der Waals surface area contributed by atoms with Gasteiger partial charge in [0.25, 0.3) is 5.91 Å². The number of carbonyl (C=O) groups excluding carboxylic acids is 1. The molecule has 0 fully saturated rings. The molecule has 2 N–H and O–H groups in total. The fraction of sp³-hybridized carbons (Fsp3) is 0.385. The highest BCUT2D eigenvalue weighted by Gasteiger charge is 2.13. The molecule has 0 radical (unpaired) electrons. The minimum atomic E-state index is -0.333. The lowest BCUT2D eigenvalue weighted by Crippen LogP contribution is -2.25. The second kappa shape index (κ2) is 6.23. The molecule has 1 amide bonds. The summed E-state index contributed by atoms with van der Waals surface area (Å²) in [6, 6.07) is 3.36. The van der Waals surface area contributed by atoms with E-state index < -0.39 is 0 Å². The van der Waals surface area contributed by atoms with Crippen LogP contribution in [0.5, 0.6) is 0 Å². The zero-order valence-corrected chi connectivity index (χ0v) is 12.9. The maximum Gasteiger partial charge on any atom is 0.287 e. The van der Waals surface area contributed by atoms with Gasteiger partial charge in [-0.25, -0.2) is 0 Å². The van der Waals surface area contributed by atoms with Crippen molar-refractivity contribution in [1.82, 2.24) is 15.1 Å². The predicted molar refractivity (Wildman–Crippen MR) is 76.6 cm³/mol. The van der Waals surface area contributed by atoms with Gasteiger partial charge in [0.05, 0.1) is 29.0 Å². The van der Waals surface area contributed by atoms with Crippen LogP contribution in [0.25, 0.3) is 0 Å². The smallest absolute Gasteiger partial charge is 0.287 e. The number of hydrogen-bond acceptors (Lipinski definition) is 4. The number of rotatable bonds is 5. The highest BCUT2D eigenvalue weighted by atomic mass is 79.9. The van der Waals surface area contributed by atoms with E-state index >= 15 is 0 Å². The molecule has 0 atom stereocenters. The summed E-state index contributed by atoms with van der Waals surface area (Å²) < 4.78 is 8.27. The van der Waals surface area contributed by atoms with Crippen molar-refractivity contribution in [2.75, 3.05) is 13.2 Å². The number of aromatic nitrogens is 2. The van der Waals surface area contributed by atoms with Gasteiger partial charge in [-0.1, -0.05) is 0 Å². The monoisotopic (exact) mass is 341 g/mol. The largest absolute Gasteiger partial charge is 0.454 e. The summed E-state index contributed by atoms with van der Waals surface area (Å²) in [5.41, 5.74) is 1.92. The predicted octanol–water partition coefficient (Wildman–Crippen LogP) is 1.63. The minimum Gasteiger partial charge on any atom is -0.454 e. The van der Waals surface area contributed by atoms with Gasteiger partial charge in [-0.3, -0.25) is 9.48 Å². The van der Waals surface area contributed by atoms with Crippen molar-refractivity contribution in [3.63, 3.8) is 0 Å². The quantitative estimate of drug-likeness (QED) is 0.866. The van der Waals surface area contributed by atoms with Gasteiger partial charge in [0.2, 0.25) is 0 Å². The lowest BCUT2D eigenvalue weighted by Gasteiger charge is -2.02. The Morgan fingerprint density at radius 3 is 2.85 bits per heavy atom. The van der Waals surface area contributed by atoms with Gasteiger partial charge in [0.15, 0.2) is 5.76 Å². The van der Waals surface area contributed by atoms with Crippen LogP contribution in [0.2, 0.25) is 0 Å². The maximum atomic E-state index is 11.6. The van der Waals surface area contributed by atoms with Crippen LogP contribution >= 0.6 is 15.9 Å². The van der Waals surface area contributed by atoms with E-state index in [-0.39, 0.29) is 24.8 Å². The normalized spacial score (nSPS) is 10.8. The number of halogens is 1. The number of carbonyl (C=O) groups is 1. The highest BCUT2D eigenvalue weighted by molar-refractivity contribution is 9.10. The molecule has 0 aliphatic heterocycles. The van der Waals surface area contributed by atoms with Crippen molar-refractivity contribution >= 4 is 21.8 Å². The first-order valence-corrected chi connectivity index (χ1v) is 6.99. The molecular formula is C13H16BrN3O3. The van der Waals surface area contributed by atoms with Crippen LogP contribution < -0.4 is 5.32 Å². The van der Waals surface area contributed by atoms with Crippen molar-refractivity contribution in [2.45, 2.75) is 20.4 Å². The van der Waals surface area contributed by atoms with E-state index in [0.29, 0.717) is 12.3 Å². The summed E-state index contributed by atoms with van der Waals surface area (Å²) in [5, 5.41) is 15.6. The Morgan fingerprint density at radius 2 is 2.25 bits per heavy atom. The lowest BCUT2D eigenvalue weighted by molar-refractivity contribution is 0.0915. The molecule has 108 valence electrons. The summed E-state index contributed by atoms with van der Waals surface area (Å²) in [7, 11) is 0. The average Bonchev–Trinajstić information content (AvgIpc) is 2.98. The molecule has 0 spiro atoms. The molecule has 2 aromatic heterocycles. The lowest BCUT2D eigenvalue weighted by atomic mass is 10.4. The fourth-order valence-electron chi connectivity index (χ4n) is 1.82. The van der Waals surface area contributed by atoms with Gasteiger partial charge in [0.1, 0.15) is 5.76 Å². The summed E-state index contributed by atoms with van der Waals surface area (Å²) >= 11 is 3.47. The van der Waals surface area contributed by atoms with Crippen LogP contribution in [0.1, 0.15) is 27.7 Å². The van der Waals surface area contributed by atoms with Gasteiger partial charge in [-0.05, 0) is 41.9 Å². The maximum absolute atomic E-state index is 11.6. The summed E-state index contributed by atoms with van der Waals surface area (Å²) in [4.78, 5) is 11.6. The molecule has 7 heteroatoms. The standard InChI is InChI=1S/C13H16BrN3O3/c1-8-12(14)9(2)17(16-8)7-10-3-4-11(20-10)13(19)15-5-6-18/h3-4,18H,5-7H2,1-2H3,(H,15,19). The summed E-state index contributed by atoms with van der Waals surface area (Å²) in [6.45, 7) is 4.45. The summed E-state index contributed by atoms with van der Waals surface area (Å²) in [6.07, 6.45) is 0. The van der Waals surface area contributed by atoms with Crippen LogP contribution in [-0.4, -0.2) is 33.9 Å². The third-order valence-electron chi connectivity index (χ3n) is 2.88. The number of furan rings is 1. The summed E-state index contributed by atoms with van der Waals surface area (Å²) in [5.74, 6) is 0.547. The molecule has 2 heterocycles. The minimum absolute atomic E-state index is 0.0981. The fourth-order valence-corrected chi connectivity index (χ4v) is 2.10. The number of aryl methyl sites for hydroxylation is 1. The van der Waals surface area contributed by atoms with Crippen LogP contribution in [0.15, 0.2) is 21.0 Å². The number of hydrogen-bond donors (Lipinski definition) is 2. The molecule has 0 saturated carbocycles. The second-order valence-corrected chi connectivity index (χ2v) is 5.18. The van der Waals surface area contributed by atoms with E-state index in [1.54, 1.807) is 12.1 Å². The molecule has 0 unspecified atom stereocenters. The van der Waals surface area contributed by atoms with E-state index in [1.807, 2.05) is 18.5 Å². The number of nitrogens with zero attached hydrogens (tertiary/aromatic N) is 2. The molecule has 0 aromatic carbocycles. The third kappa shape index (κ3) is 3.10. The zero-order valence-electron chi connectivity index (χ0n) is 11.3.